The van der Waals surface area contributed by atoms with Gasteiger partial charge in [-0.3, -0.25) is 14.9 Å². The highest BCUT2D eigenvalue weighted by Crippen LogP contribution is 2.49. The fourth-order valence-corrected chi connectivity index (χ4v) is 7.14. The molecule has 1 aromatic carbocycles. The van der Waals surface area contributed by atoms with Crippen molar-refractivity contribution in [3.05, 3.63) is 46.5 Å². The summed E-state index contributed by atoms with van der Waals surface area (Å²) in [6.07, 6.45) is 2.23. The molecule has 0 radical (unpaired) electrons. The maximum Gasteiger partial charge on any atom is 0.409 e. The maximum absolute atomic E-state index is 14.1. The van der Waals surface area contributed by atoms with Gasteiger partial charge in [0.15, 0.2) is 5.72 Å². The Kier molecular flexibility index (Phi) is 12.5. The van der Waals surface area contributed by atoms with Crippen LogP contribution in [0.2, 0.25) is 5.02 Å². The number of alkyl carbamates (subject to hydrolysis) is 1. The highest BCUT2D eigenvalue weighted by atomic mass is 35.5. The van der Waals surface area contributed by atoms with Crippen molar-refractivity contribution in [1.29, 1.82) is 0 Å². The first kappa shape index (κ1) is 40.1. The van der Waals surface area contributed by atoms with E-state index in [0.717, 1.165) is 11.1 Å². The third-order valence-corrected chi connectivity index (χ3v) is 10.7. The number of halogens is 1. The van der Waals surface area contributed by atoms with Crippen molar-refractivity contribution < 1.29 is 47.6 Å². The van der Waals surface area contributed by atoms with Crippen LogP contribution in [0, 0.1) is 11.8 Å². The van der Waals surface area contributed by atoms with Crippen molar-refractivity contribution in [3.63, 3.8) is 0 Å². The predicted octanol–water partition coefficient (Wildman–Crippen LogP) is 4.82. The van der Waals surface area contributed by atoms with Crippen molar-refractivity contribution in [1.82, 2.24) is 10.2 Å². The molecule has 3 amide bonds. The Morgan fingerprint density at radius 2 is 1.84 bits per heavy atom. The zero-order valence-corrected chi connectivity index (χ0v) is 32.2. The molecule has 13 nitrogen and oxygen atoms in total. The summed E-state index contributed by atoms with van der Waals surface area (Å²) in [5.41, 5.74) is -0.209. The number of carbonyl (C=O) groups is 4. The van der Waals surface area contributed by atoms with Crippen LogP contribution in [0.15, 0.2) is 35.9 Å². The number of allylic oxidation sites excluding steroid dienone is 3. The molecule has 4 bridgehead atoms. The summed E-state index contributed by atoms with van der Waals surface area (Å²) in [5, 5.41) is 3.06. The Morgan fingerprint density at radius 1 is 1.16 bits per heavy atom. The quantitative estimate of drug-likeness (QED) is 0.306. The number of rotatable bonds is 7. The molecule has 282 valence electrons. The Labute approximate surface area is 305 Å². The summed E-state index contributed by atoms with van der Waals surface area (Å²) in [4.78, 5) is 56.3. The van der Waals surface area contributed by atoms with Gasteiger partial charge in [0.2, 0.25) is 11.8 Å². The molecule has 51 heavy (non-hydrogen) atoms. The minimum absolute atomic E-state index is 0.202. The molecule has 3 aliphatic rings. The average molecular weight is 734 g/mol. The molecule has 0 unspecified atom stereocenters. The molecule has 8 atom stereocenters. The Hall–Kier alpha value is -3.65. The fourth-order valence-electron chi connectivity index (χ4n) is 6.83. The molecule has 1 N–H and O–H groups in total. The van der Waals surface area contributed by atoms with Gasteiger partial charge < -0.3 is 38.2 Å². The van der Waals surface area contributed by atoms with Gasteiger partial charge in [0.25, 0.3) is 0 Å². The lowest BCUT2D eigenvalue weighted by Gasteiger charge is -2.44. The van der Waals surface area contributed by atoms with Crippen LogP contribution < -0.4 is 15.0 Å². The minimum Gasteiger partial charge on any atom is -0.495 e. The van der Waals surface area contributed by atoms with E-state index in [1.165, 1.54) is 38.2 Å². The van der Waals surface area contributed by atoms with Crippen LogP contribution in [-0.2, 0) is 44.5 Å². The second-order valence-corrected chi connectivity index (χ2v) is 14.6. The largest absolute Gasteiger partial charge is 0.495 e. The highest BCUT2D eigenvalue weighted by Gasteiger charge is 2.64. The van der Waals surface area contributed by atoms with E-state index in [1.54, 1.807) is 34.7 Å². The average Bonchev–Trinajstić information content (AvgIpc) is 3.79. The Bertz CT molecular complexity index is 1560. The summed E-state index contributed by atoms with van der Waals surface area (Å²) >= 11 is 6.76. The summed E-state index contributed by atoms with van der Waals surface area (Å²) < 4.78 is 35.5. The van der Waals surface area contributed by atoms with Crippen LogP contribution in [-0.4, -0.2) is 106 Å². The molecular formula is C37H52ClN3O10. The SMILES string of the molecule is COc1cc2cc(c1Cl)N(C)C(=O)C[C@H](OC(=O)[C@H](C)N(C)C(=O)C(C)C)[C@]1(C)O[C@H]1[C@H](C)[C@@H]1C[C@@](OC)(NC(=O)O1)[C@H](OC)/C=C/C=C(\C)C2. The molecule has 2 fully saturated rings. The lowest BCUT2D eigenvalue weighted by atomic mass is 9.83. The number of epoxide rings is 1. The summed E-state index contributed by atoms with van der Waals surface area (Å²) in [5.74, 6) is -1.72. The van der Waals surface area contributed by atoms with Crippen LogP contribution in [0.1, 0.15) is 59.9 Å². The molecule has 4 rings (SSSR count). The molecule has 2 saturated heterocycles. The molecule has 3 heterocycles. The third kappa shape index (κ3) is 8.37. The number of methoxy groups -OCH3 is 3. The molecule has 1 aromatic rings. The van der Waals surface area contributed by atoms with Gasteiger partial charge in [-0.2, -0.15) is 0 Å². The third-order valence-electron chi connectivity index (χ3n) is 10.3. The van der Waals surface area contributed by atoms with Crippen LogP contribution in [0.25, 0.3) is 0 Å². The summed E-state index contributed by atoms with van der Waals surface area (Å²) in [6, 6.07) is 2.69. The minimum atomic E-state index is -1.28. The second-order valence-electron chi connectivity index (χ2n) is 14.2. The summed E-state index contributed by atoms with van der Waals surface area (Å²) in [7, 11) is 7.66. The van der Waals surface area contributed by atoms with Crippen LogP contribution >= 0.6 is 11.6 Å². The predicted molar refractivity (Wildman–Crippen MR) is 191 cm³/mol. The van der Waals surface area contributed by atoms with E-state index < -0.39 is 65.7 Å². The van der Waals surface area contributed by atoms with Gasteiger partial charge in [-0.25, -0.2) is 9.59 Å². The number of benzene rings is 1. The van der Waals surface area contributed by atoms with E-state index in [1.807, 2.05) is 44.2 Å². The fraction of sp³-hybridized carbons (Fsp3) is 0.622. The van der Waals surface area contributed by atoms with Crippen molar-refractivity contribution in [2.45, 2.75) is 103 Å². The molecule has 14 heteroatoms. The van der Waals surface area contributed by atoms with Gasteiger partial charge >= 0.3 is 12.1 Å². The first-order valence-corrected chi connectivity index (χ1v) is 17.5. The Morgan fingerprint density at radius 3 is 2.45 bits per heavy atom. The second kappa shape index (κ2) is 15.9. The van der Waals surface area contributed by atoms with E-state index in [2.05, 4.69) is 5.32 Å². The number of hydrogen-bond acceptors (Lipinski definition) is 10. The number of anilines is 1. The normalized spacial score (nSPS) is 32.1. The van der Waals surface area contributed by atoms with E-state index in [-0.39, 0.29) is 29.7 Å². The topological polar surface area (TPSA) is 145 Å². The number of hydrogen-bond donors (Lipinski definition) is 1. The lowest BCUT2D eigenvalue weighted by molar-refractivity contribution is -0.162. The van der Waals surface area contributed by atoms with Crippen LogP contribution in [0.3, 0.4) is 0 Å². The number of nitrogens with one attached hydrogen (secondary N) is 1. The molecule has 0 spiro atoms. The first-order chi connectivity index (χ1) is 23.9. The number of amides is 3. The van der Waals surface area contributed by atoms with Crippen LogP contribution in [0.4, 0.5) is 10.5 Å². The van der Waals surface area contributed by atoms with Gasteiger partial charge in [0.1, 0.15) is 40.7 Å². The van der Waals surface area contributed by atoms with Crippen molar-refractivity contribution in [2.75, 3.05) is 40.3 Å². The monoisotopic (exact) mass is 733 g/mol. The van der Waals surface area contributed by atoms with E-state index in [4.69, 9.17) is 40.0 Å². The standard InChI is InChI=1S/C37H52ClN3O10/c1-20(2)33(43)40(7)23(5)34(44)50-29-18-30(42)41(8)25-16-24(17-26(46-9)31(25)38)15-21(3)13-12-14-28(47-10)37(48-11)19-27(49-35(45)39-37)22(4)32-36(29,6)51-32/h12-14,16-17,20,22-23,27-29,32H,15,18-19H2,1-11H3,(H,39,45)/b14-12+,21-13+/t22-,23+,27+,28-,29+,32+,36+,37+/m1/s1. The molecule has 0 aliphatic carbocycles. The van der Waals surface area contributed by atoms with E-state index in [9.17, 15) is 19.2 Å². The van der Waals surface area contributed by atoms with Gasteiger partial charge in [-0.15, -0.1) is 0 Å². The van der Waals surface area contributed by atoms with Crippen molar-refractivity contribution >= 4 is 41.2 Å². The maximum atomic E-state index is 14.1. The first-order valence-electron chi connectivity index (χ1n) is 17.1. The van der Waals surface area contributed by atoms with Gasteiger partial charge in [0.05, 0.1) is 25.3 Å². The number of ether oxygens (including phenoxy) is 6. The van der Waals surface area contributed by atoms with Crippen molar-refractivity contribution in [2.24, 2.45) is 11.8 Å². The number of likely N-dealkylation sites (N-methyl/N-ethyl adjacent to an activating group) is 1. The van der Waals surface area contributed by atoms with Gasteiger partial charge in [-0.1, -0.05) is 56.2 Å². The van der Waals surface area contributed by atoms with E-state index in [0.29, 0.717) is 17.9 Å². The number of esters is 1. The zero-order chi connectivity index (χ0) is 38.0. The smallest absolute Gasteiger partial charge is 0.409 e. The van der Waals surface area contributed by atoms with Gasteiger partial charge in [-0.05, 0) is 44.9 Å². The lowest BCUT2D eigenvalue weighted by Crippen LogP contribution is -2.64. The highest BCUT2D eigenvalue weighted by molar-refractivity contribution is 6.35. The number of fused-ring (bicyclic) bond motifs is 5. The molecular weight excluding hydrogens is 682 g/mol. The molecule has 3 aliphatic heterocycles. The number of carbonyl (C=O) groups excluding carboxylic acids is 4. The summed E-state index contributed by atoms with van der Waals surface area (Å²) in [6.45, 7) is 10.6. The zero-order valence-electron chi connectivity index (χ0n) is 31.4. The van der Waals surface area contributed by atoms with E-state index >= 15 is 0 Å². The number of nitrogens with zero attached hydrogens (tertiary/aromatic N) is 2. The Balaban J connectivity index is 1.80. The van der Waals surface area contributed by atoms with Gasteiger partial charge in [0, 0.05) is 46.6 Å². The van der Waals surface area contributed by atoms with Crippen molar-refractivity contribution in [3.8, 4) is 5.75 Å². The molecule has 0 aromatic heterocycles. The van der Waals surface area contributed by atoms with Crippen LogP contribution in [0.5, 0.6) is 5.75 Å². The molecule has 0 saturated carbocycles.